The van der Waals surface area contributed by atoms with Gasteiger partial charge in [-0.15, -0.1) is 0 Å². The molecule has 0 aliphatic heterocycles. The summed E-state index contributed by atoms with van der Waals surface area (Å²) in [6.45, 7) is 2.70. The summed E-state index contributed by atoms with van der Waals surface area (Å²) in [6, 6.07) is 19.3. The van der Waals surface area contributed by atoms with Gasteiger partial charge >= 0.3 is 0 Å². The number of rotatable bonds is 7. The van der Waals surface area contributed by atoms with Crippen LogP contribution in [0.1, 0.15) is 12.5 Å². The SMILES string of the molecule is CCN(c1ccccc1)c1ncnc(NNC(=O)Cc2ccccc2)c1N. The first kappa shape index (κ1) is 18.2. The second kappa shape index (κ2) is 8.66. The molecule has 0 aliphatic carbocycles. The monoisotopic (exact) mass is 362 g/mol. The van der Waals surface area contributed by atoms with Gasteiger partial charge < -0.3 is 10.6 Å². The number of para-hydroxylation sites is 1. The van der Waals surface area contributed by atoms with Gasteiger partial charge in [-0.1, -0.05) is 48.5 Å². The number of nitrogens with zero attached hydrogens (tertiary/aromatic N) is 3. The number of nitrogens with two attached hydrogens (primary N) is 1. The molecule has 0 bridgehead atoms. The van der Waals surface area contributed by atoms with Crippen molar-refractivity contribution in [1.82, 2.24) is 15.4 Å². The highest BCUT2D eigenvalue weighted by atomic mass is 16.2. The van der Waals surface area contributed by atoms with Gasteiger partial charge in [-0.3, -0.25) is 15.6 Å². The Hall–Kier alpha value is -3.61. The molecule has 0 saturated carbocycles. The maximum absolute atomic E-state index is 12.1. The van der Waals surface area contributed by atoms with E-state index < -0.39 is 0 Å². The molecule has 27 heavy (non-hydrogen) atoms. The highest BCUT2D eigenvalue weighted by molar-refractivity contribution is 5.83. The maximum Gasteiger partial charge on any atom is 0.242 e. The first-order valence-electron chi connectivity index (χ1n) is 8.71. The van der Waals surface area contributed by atoms with Crippen LogP contribution in [0.15, 0.2) is 67.0 Å². The lowest BCUT2D eigenvalue weighted by Gasteiger charge is -2.24. The molecule has 3 aromatic rings. The van der Waals surface area contributed by atoms with Crippen molar-refractivity contribution in [2.24, 2.45) is 0 Å². The summed E-state index contributed by atoms with van der Waals surface area (Å²) in [5, 5.41) is 0. The van der Waals surface area contributed by atoms with Crippen LogP contribution in [0.4, 0.5) is 23.0 Å². The van der Waals surface area contributed by atoms with E-state index in [4.69, 9.17) is 5.73 Å². The fraction of sp³-hybridized carbons (Fsp3) is 0.150. The van der Waals surface area contributed by atoms with Crippen LogP contribution in [0.5, 0.6) is 0 Å². The Morgan fingerprint density at radius 1 is 1.04 bits per heavy atom. The predicted molar refractivity (Wildman–Crippen MR) is 107 cm³/mol. The van der Waals surface area contributed by atoms with Crippen molar-refractivity contribution < 1.29 is 4.79 Å². The van der Waals surface area contributed by atoms with E-state index in [9.17, 15) is 4.79 Å². The van der Waals surface area contributed by atoms with Gasteiger partial charge in [-0.05, 0) is 24.6 Å². The zero-order chi connectivity index (χ0) is 19.1. The average Bonchev–Trinajstić information content (AvgIpc) is 2.70. The van der Waals surface area contributed by atoms with Crippen LogP contribution in [-0.4, -0.2) is 22.4 Å². The summed E-state index contributed by atoms with van der Waals surface area (Å²) in [6.07, 6.45) is 1.68. The van der Waals surface area contributed by atoms with Crippen molar-refractivity contribution in [3.8, 4) is 0 Å². The minimum atomic E-state index is -0.184. The van der Waals surface area contributed by atoms with Crippen molar-refractivity contribution in [2.45, 2.75) is 13.3 Å². The van der Waals surface area contributed by atoms with Gasteiger partial charge in [0.15, 0.2) is 11.6 Å². The van der Waals surface area contributed by atoms with E-state index in [1.165, 1.54) is 6.33 Å². The van der Waals surface area contributed by atoms with Crippen molar-refractivity contribution in [3.63, 3.8) is 0 Å². The Kier molecular flexibility index (Phi) is 5.84. The molecule has 4 N–H and O–H groups in total. The lowest BCUT2D eigenvalue weighted by atomic mass is 10.1. The van der Waals surface area contributed by atoms with Gasteiger partial charge in [-0.25, -0.2) is 9.97 Å². The Bertz CT molecular complexity index is 885. The third-order valence-corrected chi connectivity index (χ3v) is 4.03. The van der Waals surface area contributed by atoms with Gasteiger partial charge in [0.1, 0.15) is 12.0 Å². The molecule has 0 unspecified atom stereocenters. The van der Waals surface area contributed by atoms with E-state index in [-0.39, 0.29) is 12.3 Å². The lowest BCUT2D eigenvalue weighted by molar-refractivity contribution is -0.119. The van der Waals surface area contributed by atoms with E-state index in [0.717, 1.165) is 11.3 Å². The molecule has 3 rings (SSSR count). The van der Waals surface area contributed by atoms with Gasteiger partial charge in [0, 0.05) is 12.2 Å². The summed E-state index contributed by atoms with van der Waals surface area (Å²) in [5.74, 6) is 0.755. The number of carbonyl (C=O) groups excluding carboxylic acids is 1. The van der Waals surface area contributed by atoms with Crippen molar-refractivity contribution in [2.75, 3.05) is 22.6 Å². The van der Waals surface area contributed by atoms with Gasteiger partial charge in [0.2, 0.25) is 5.91 Å². The van der Waals surface area contributed by atoms with Crippen LogP contribution >= 0.6 is 0 Å². The fourth-order valence-electron chi connectivity index (χ4n) is 2.72. The first-order chi connectivity index (χ1) is 13.2. The summed E-state index contributed by atoms with van der Waals surface area (Å²) in [4.78, 5) is 22.6. The first-order valence-corrected chi connectivity index (χ1v) is 8.71. The molecule has 0 atom stereocenters. The predicted octanol–water partition coefficient (Wildman–Crippen LogP) is 2.90. The number of aromatic nitrogens is 2. The second-order valence-electron chi connectivity index (χ2n) is 5.87. The number of carbonyl (C=O) groups is 1. The molecular weight excluding hydrogens is 340 g/mol. The summed E-state index contributed by atoms with van der Waals surface area (Å²) in [7, 11) is 0. The molecule has 0 aliphatic rings. The number of hydrogen-bond donors (Lipinski definition) is 3. The van der Waals surface area contributed by atoms with Crippen molar-refractivity contribution in [1.29, 1.82) is 0 Å². The molecule has 0 fully saturated rings. The smallest absolute Gasteiger partial charge is 0.242 e. The van der Waals surface area contributed by atoms with Gasteiger partial charge in [0.05, 0.1) is 6.42 Å². The van der Waals surface area contributed by atoms with E-state index in [1.807, 2.05) is 72.5 Å². The van der Waals surface area contributed by atoms with Crippen LogP contribution in [0, 0.1) is 0 Å². The van der Waals surface area contributed by atoms with Crippen LogP contribution < -0.4 is 21.5 Å². The van der Waals surface area contributed by atoms with Crippen molar-refractivity contribution in [3.05, 3.63) is 72.6 Å². The second-order valence-corrected chi connectivity index (χ2v) is 5.87. The molecule has 7 heteroatoms. The molecule has 138 valence electrons. The Labute approximate surface area is 158 Å². The van der Waals surface area contributed by atoms with Crippen LogP contribution in [0.3, 0.4) is 0 Å². The average molecular weight is 362 g/mol. The number of hydrogen-bond acceptors (Lipinski definition) is 6. The van der Waals surface area contributed by atoms with E-state index >= 15 is 0 Å². The molecule has 1 aromatic heterocycles. The highest BCUT2D eigenvalue weighted by Gasteiger charge is 2.16. The van der Waals surface area contributed by atoms with Crippen molar-refractivity contribution >= 4 is 28.9 Å². The molecule has 7 nitrogen and oxygen atoms in total. The normalized spacial score (nSPS) is 10.3. The fourth-order valence-corrected chi connectivity index (χ4v) is 2.72. The zero-order valence-corrected chi connectivity index (χ0v) is 15.1. The van der Waals surface area contributed by atoms with E-state index in [2.05, 4.69) is 20.8 Å². The van der Waals surface area contributed by atoms with E-state index in [1.54, 1.807) is 0 Å². The molecular formula is C20H22N6O. The summed E-state index contributed by atoms with van der Waals surface area (Å²) in [5.41, 5.74) is 14.0. The lowest BCUT2D eigenvalue weighted by Crippen LogP contribution is -2.32. The third kappa shape index (κ3) is 4.52. The van der Waals surface area contributed by atoms with Crippen LogP contribution in [0.2, 0.25) is 0 Å². The minimum absolute atomic E-state index is 0.184. The van der Waals surface area contributed by atoms with Gasteiger partial charge in [0.25, 0.3) is 0 Å². The summed E-state index contributed by atoms with van der Waals surface area (Å²) < 4.78 is 0. The number of anilines is 4. The Morgan fingerprint density at radius 2 is 1.70 bits per heavy atom. The van der Waals surface area contributed by atoms with E-state index in [0.29, 0.717) is 23.9 Å². The Morgan fingerprint density at radius 3 is 2.37 bits per heavy atom. The third-order valence-electron chi connectivity index (χ3n) is 4.03. The topological polar surface area (TPSA) is 96.2 Å². The Balaban J connectivity index is 1.72. The molecule has 0 spiro atoms. The number of hydrazine groups is 1. The molecule has 0 radical (unpaired) electrons. The molecule has 0 saturated heterocycles. The largest absolute Gasteiger partial charge is 0.393 e. The molecule has 2 aromatic carbocycles. The van der Waals surface area contributed by atoms with Crippen LogP contribution in [-0.2, 0) is 11.2 Å². The molecule has 1 heterocycles. The number of nitrogens with one attached hydrogen (secondary N) is 2. The quantitative estimate of drug-likeness (QED) is 0.559. The minimum Gasteiger partial charge on any atom is -0.393 e. The number of amides is 1. The standard InChI is InChI=1S/C20H22N6O/c1-2-26(16-11-7-4-8-12-16)20-18(21)19(22-14-23-20)25-24-17(27)13-15-9-5-3-6-10-15/h3-12,14H,2,13,21H2,1H3,(H,24,27)(H,22,23,25). The number of benzene rings is 2. The van der Waals surface area contributed by atoms with Gasteiger partial charge in [-0.2, -0.15) is 0 Å². The summed E-state index contributed by atoms with van der Waals surface area (Å²) >= 11 is 0. The highest BCUT2D eigenvalue weighted by Crippen LogP contribution is 2.30. The number of nitrogen functional groups attached to an aromatic ring is 1. The molecule has 1 amide bonds. The van der Waals surface area contributed by atoms with Crippen LogP contribution in [0.25, 0.3) is 0 Å². The zero-order valence-electron chi connectivity index (χ0n) is 15.1. The maximum atomic E-state index is 12.1.